The Morgan fingerprint density at radius 1 is 1.04 bits per heavy atom. The van der Waals surface area contributed by atoms with Gasteiger partial charge in [0.05, 0.1) is 16.6 Å². The molecule has 4 aromatic rings. The van der Waals surface area contributed by atoms with Gasteiger partial charge in [0.1, 0.15) is 5.82 Å². The first-order chi connectivity index (χ1) is 13.5. The minimum atomic E-state index is -0.0706. The monoisotopic (exact) mass is 481 g/mol. The zero-order valence-electron chi connectivity index (χ0n) is 15.7. The smallest absolute Gasteiger partial charge is 0.266 e. The molecule has 4 nitrogen and oxygen atoms in total. The van der Waals surface area contributed by atoms with Crippen LogP contribution in [-0.2, 0) is 0 Å². The van der Waals surface area contributed by atoms with E-state index < -0.39 is 0 Å². The highest BCUT2D eigenvalue weighted by Gasteiger charge is 2.15. The van der Waals surface area contributed by atoms with Crippen molar-refractivity contribution in [3.05, 3.63) is 92.0 Å². The number of hydrogen-bond donors (Lipinski definition) is 1. The lowest BCUT2D eigenvalue weighted by molar-refractivity contribution is 0.819. The van der Waals surface area contributed by atoms with Gasteiger partial charge in [-0.25, -0.2) is 4.98 Å². The third kappa shape index (κ3) is 3.36. The molecule has 4 rings (SSSR count). The van der Waals surface area contributed by atoms with Crippen molar-refractivity contribution in [3.63, 3.8) is 0 Å². The summed E-state index contributed by atoms with van der Waals surface area (Å²) in [5.74, 6) is 0.667. The van der Waals surface area contributed by atoms with E-state index in [0.29, 0.717) is 16.7 Å². The molecule has 28 heavy (non-hydrogen) atoms. The molecule has 1 heterocycles. The van der Waals surface area contributed by atoms with E-state index in [1.54, 1.807) is 4.57 Å². The van der Waals surface area contributed by atoms with Crippen LogP contribution in [0.15, 0.2) is 71.5 Å². The maximum absolute atomic E-state index is 13.5. The minimum Gasteiger partial charge on any atom is -0.324 e. The standard InChI is InChI=1S/C23H20IN3O/c1-14(25)16-5-3-6-17(13-16)20-7-4-8-21-22(20)23(28)27(15(2)26-21)19-11-9-18(24)10-12-19/h3-14H,25H2,1-2H3. The van der Waals surface area contributed by atoms with Gasteiger partial charge in [-0.3, -0.25) is 9.36 Å². The number of hydrogen-bond acceptors (Lipinski definition) is 3. The van der Waals surface area contributed by atoms with Crippen LogP contribution in [0.4, 0.5) is 0 Å². The zero-order chi connectivity index (χ0) is 19.8. The minimum absolute atomic E-state index is 0.0643. The quantitative estimate of drug-likeness (QED) is 0.420. The summed E-state index contributed by atoms with van der Waals surface area (Å²) in [6, 6.07) is 21.7. The fraction of sp³-hybridized carbons (Fsp3) is 0.130. The average molecular weight is 481 g/mol. The molecular formula is C23H20IN3O. The van der Waals surface area contributed by atoms with Crippen molar-refractivity contribution < 1.29 is 0 Å². The van der Waals surface area contributed by atoms with Gasteiger partial charge in [-0.15, -0.1) is 0 Å². The topological polar surface area (TPSA) is 60.9 Å². The molecule has 5 heteroatoms. The molecule has 140 valence electrons. The van der Waals surface area contributed by atoms with Gasteiger partial charge in [0.2, 0.25) is 0 Å². The molecule has 1 atom stereocenters. The van der Waals surface area contributed by atoms with Crippen molar-refractivity contribution in [1.29, 1.82) is 0 Å². The van der Waals surface area contributed by atoms with E-state index in [2.05, 4.69) is 22.6 Å². The van der Waals surface area contributed by atoms with Crippen LogP contribution in [0.3, 0.4) is 0 Å². The molecular weight excluding hydrogens is 461 g/mol. The second-order valence-corrected chi connectivity index (χ2v) is 8.14. The first kappa shape index (κ1) is 18.8. The number of benzene rings is 3. The summed E-state index contributed by atoms with van der Waals surface area (Å²) in [5, 5.41) is 0.619. The zero-order valence-corrected chi connectivity index (χ0v) is 17.8. The second-order valence-electron chi connectivity index (χ2n) is 6.89. The number of fused-ring (bicyclic) bond motifs is 1. The summed E-state index contributed by atoms with van der Waals surface area (Å²) in [6.45, 7) is 3.82. The summed E-state index contributed by atoms with van der Waals surface area (Å²) < 4.78 is 2.80. The maximum Gasteiger partial charge on any atom is 0.266 e. The summed E-state index contributed by atoms with van der Waals surface area (Å²) in [4.78, 5) is 18.3. The van der Waals surface area contributed by atoms with Crippen molar-refractivity contribution in [2.24, 2.45) is 5.73 Å². The molecule has 0 fully saturated rings. The van der Waals surface area contributed by atoms with E-state index in [4.69, 9.17) is 10.7 Å². The molecule has 0 aliphatic carbocycles. The first-order valence-electron chi connectivity index (χ1n) is 9.10. The van der Waals surface area contributed by atoms with Gasteiger partial charge in [0.25, 0.3) is 5.56 Å². The van der Waals surface area contributed by atoms with Crippen LogP contribution in [0.2, 0.25) is 0 Å². The number of halogens is 1. The van der Waals surface area contributed by atoms with Crippen LogP contribution < -0.4 is 11.3 Å². The van der Waals surface area contributed by atoms with Crippen LogP contribution in [0.1, 0.15) is 24.4 Å². The van der Waals surface area contributed by atoms with Gasteiger partial charge in [0, 0.05) is 9.61 Å². The van der Waals surface area contributed by atoms with Crippen LogP contribution in [0.5, 0.6) is 0 Å². The highest BCUT2D eigenvalue weighted by molar-refractivity contribution is 14.1. The highest BCUT2D eigenvalue weighted by atomic mass is 127. The van der Waals surface area contributed by atoms with Crippen LogP contribution >= 0.6 is 22.6 Å². The molecule has 3 aromatic carbocycles. The summed E-state index contributed by atoms with van der Waals surface area (Å²) >= 11 is 2.26. The number of rotatable bonds is 3. The SMILES string of the molecule is Cc1nc2cccc(-c3cccc(C(C)N)c3)c2c(=O)n1-c1ccc(I)cc1. The van der Waals surface area contributed by atoms with Gasteiger partial charge in [0.15, 0.2) is 0 Å². The first-order valence-corrected chi connectivity index (χ1v) is 10.2. The fourth-order valence-corrected chi connectivity index (χ4v) is 3.82. The third-order valence-corrected chi connectivity index (χ3v) is 5.59. The van der Waals surface area contributed by atoms with Gasteiger partial charge in [-0.1, -0.05) is 30.3 Å². The van der Waals surface area contributed by atoms with Crippen LogP contribution in [0.25, 0.3) is 27.7 Å². The Balaban J connectivity index is 2.02. The van der Waals surface area contributed by atoms with Gasteiger partial charge in [-0.05, 0) is 89.5 Å². The number of aromatic nitrogens is 2. The molecule has 0 radical (unpaired) electrons. The predicted molar refractivity (Wildman–Crippen MR) is 123 cm³/mol. The average Bonchev–Trinajstić information content (AvgIpc) is 2.69. The number of nitrogens with two attached hydrogens (primary N) is 1. The summed E-state index contributed by atoms with van der Waals surface area (Å²) in [7, 11) is 0. The lowest BCUT2D eigenvalue weighted by Crippen LogP contribution is -2.22. The molecule has 0 aliphatic heterocycles. The fourth-order valence-electron chi connectivity index (χ4n) is 3.47. The van der Waals surface area contributed by atoms with E-state index in [0.717, 1.165) is 25.9 Å². The predicted octanol–water partition coefficient (Wildman–Crippen LogP) is 4.99. The van der Waals surface area contributed by atoms with Crippen molar-refractivity contribution in [2.75, 3.05) is 0 Å². The summed E-state index contributed by atoms with van der Waals surface area (Å²) in [5.41, 5.74) is 10.4. The molecule has 0 saturated heterocycles. The van der Waals surface area contributed by atoms with E-state index in [1.807, 2.05) is 80.6 Å². The van der Waals surface area contributed by atoms with Gasteiger partial charge in [-0.2, -0.15) is 0 Å². The van der Waals surface area contributed by atoms with E-state index in [1.165, 1.54) is 0 Å². The molecule has 0 bridgehead atoms. The van der Waals surface area contributed by atoms with Gasteiger partial charge >= 0.3 is 0 Å². The molecule has 1 aromatic heterocycles. The molecule has 1 unspecified atom stereocenters. The molecule has 2 N–H and O–H groups in total. The third-order valence-electron chi connectivity index (χ3n) is 4.87. The largest absolute Gasteiger partial charge is 0.324 e. The number of aryl methyl sites for hydroxylation is 1. The second kappa shape index (κ2) is 7.48. The van der Waals surface area contributed by atoms with E-state index >= 15 is 0 Å². The van der Waals surface area contributed by atoms with E-state index in [9.17, 15) is 4.79 Å². The normalized spacial score (nSPS) is 12.3. The van der Waals surface area contributed by atoms with E-state index in [-0.39, 0.29) is 11.6 Å². The molecule has 0 saturated carbocycles. The molecule has 0 aliphatic rings. The Hall–Kier alpha value is -2.51. The van der Waals surface area contributed by atoms with Crippen molar-refractivity contribution in [1.82, 2.24) is 9.55 Å². The Bertz CT molecular complexity index is 1230. The lowest BCUT2D eigenvalue weighted by Gasteiger charge is -2.14. The Kier molecular flexibility index (Phi) is 5.03. The van der Waals surface area contributed by atoms with Gasteiger partial charge < -0.3 is 5.73 Å². The molecule has 0 spiro atoms. The number of nitrogens with zero attached hydrogens (tertiary/aromatic N) is 2. The highest BCUT2D eigenvalue weighted by Crippen LogP contribution is 2.28. The lowest BCUT2D eigenvalue weighted by atomic mass is 9.97. The Morgan fingerprint density at radius 3 is 2.46 bits per heavy atom. The van der Waals surface area contributed by atoms with Crippen LogP contribution in [-0.4, -0.2) is 9.55 Å². The Morgan fingerprint density at radius 2 is 1.75 bits per heavy atom. The molecule has 0 amide bonds. The van der Waals surface area contributed by atoms with Crippen molar-refractivity contribution >= 4 is 33.5 Å². The van der Waals surface area contributed by atoms with Crippen molar-refractivity contribution in [2.45, 2.75) is 19.9 Å². The summed E-state index contributed by atoms with van der Waals surface area (Å²) in [6.07, 6.45) is 0. The maximum atomic E-state index is 13.5. The van der Waals surface area contributed by atoms with Crippen molar-refractivity contribution in [3.8, 4) is 16.8 Å². The van der Waals surface area contributed by atoms with Crippen LogP contribution in [0, 0.1) is 10.5 Å². The Labute approximate surface area is 177 Å².